The fourth-order valence-corrected chi connectivity index (χ4v) is 2.90. The number of fused-ring (bicyclic) bond motifs is 1. The lowest BCUT2D eigenvalue weighted by molar-refractivity contribution is 0.738. The normalized spacial score (nSPS) is 13.0. The first kappa shape index (κ1) is 14.4. The predicted molar refractivity (Wildman–Crippen MR) is 86.1 cm³/mol. The summed E-state index contributed by atoms with van der Waals surface area (Å²) in [6.45, 7) is 4.64. The highest BCUT2D eigenvalue weighted by Crippen LogP contribution is 2.27. The van der Waals surface area contributed by atoms with E-state index in [9.17, 15) is 0 Å². The molecule has 3 aromatic rings. The number of nitrogens with zero attached hydrogens (tertiary/aromatic N) is 4. The molecule has 0 aliphatic heterocycles. The van der Waals surface area contributed by atoms with Crippen molar-refractivity contribution in [2.45, 2.75) is 25.8 Å². The molecule has 1 aromatic carbocycles. The number of alkyl halides is 1. The Morgan fingerprint density at radius 3 is 2.71 bits per heavy atom. The summed E-state index contributed by atoms with van der Waals surface area (Å²) in [5, 5.41) is 4.90. The van der Waals surface area contributed by atoms with E-state index < -0.39 is 0 Å². The van der Waals surface area contributed by atoms with Crippen molar-refractivity contribution in [3.05, 3.63) is 46.5 Å². The molecule has 0 aliphatic carbocycles. The molecule has 0 spiro atoms. The minimum absolute atomic E-state index is 0.173. The van der Waals surface area contributed by atoms with Crippen LogP contribution >= 0.6 is 23.2 Å². The molecular weight excluding hydrogens is 307 g/mol. The van der Waals surface area contributed by atoms with Crippen molar-refractivity contribution in [1.82, 2.24) is 19.3 Å². The van der Waals surface area contributed by atoms with E-state index in [0.717, 1.165) is 28.1 Å². The fraction of sp³-hybridized carbons (Fsp3) is 0.333. The lowest BCUT2D eigenvalue weighted by Gasteiger charge is -2.10. The van der Waals surface area contributed by atoms with Crippen molar-refractivity contribution in [2.75, 3.05) is 0 Å². The van der Waals surface area contributed by atoms with E-state index in [2.05, 4.69) is 14.6 Å². The fourth-order valence-electron chi connectivity index (χ4n) is 2.57. The molecular formula is C15H16Cl2N4. The Labute approximate surface area is 133 Å². The first-order valence-electron chi connectivity index (χ1n) is 6.74. The van der Waals surface area contributed by atoms with Gasteiger partial charge in [-0.05, 0) is 32.0 Å². The largest absolute Gasteiger partial charge is 0.322 e. The Hall–Kier alpha value is -1.52. The summed E-state index contributed by atoms with van der Waals surface area (Å²) in [5.74, 6) is 0.845. The number of aryl methyl sites for hydroxylation is 2. The van der Waals surface area contributed by atoms with Crippen LogP contribution < -0.4 is 0 Å². The minimum atomic E-state index is -0.173. The van der Waals surface area contributed by atoms with Crippen LogP contribution in [-0.2, 0) is 13.6 Å². The van der Waals surface area contributed by atoms with Crippen LogP contribution in [0.25, 0.3) is 11.0 Å². The van der Waals surface area contributed by atoms with Crippen LogP contribution in [0.3, 0.4) is 0 Å². The zero-order valence-electron chi connectivity index (χ0n) is 12.1. The molecule has 1 unspecified atom stereocenters. The van der Waals surface area contributed by atoms with E-state index in [-0.39, 0.29) is 5.38 Å². The molecule has 21 heavy (non-hydrogen) atoms. The van der Waals surface area contributed by atoms with Crippen molar-refractivity contribution in [1.29, 1.82) is 0 Å². The van der Waals surface area contributed by atoms with Crippen LogP contribution in [-0.4, -0.2) is 19.3 Å². The third kappa shape index (κ3) is 2.65. The number of benzene rings is 1. The van der Waals surface area contributed by atoms with Gasteiger partial charge in [-0.1, -0.05) is 11.6 Å². The van der Waals surface area contributed by atoms with E-state index in [0.29, 0.717) is 11.6 Å². The van der Waals surface area contributed by atoms with Crippen LogP contribution in [0.15, 0.2) is 24.4 Å². The lowest BCUT2D eigenvalue weighted by Crippen LogP contribution is -2.06. The van der Waals surface area contributed by atoms with Gasteiger partial charge in [-0.25, -0.2) is 4.98 Å². The molecule has 6 heteroatoms. The highest BCUT2D eigenvalue weighted by atomic mass is 35.5. The van der Waals surface area contributed by atoms with E-state index >= 15 is 0 Å². The monoisotopic (exact) mass is 322 g/mol. The van der Waals surface area contributed by atoms with Gasteiger partial charge in [0, 0.05) is 23.8 Å². The van der Waals surface area contributed by atoms with Crippen molar-refractivity contribution < 1.29 is 0 Å². The molecule has 0 N–H and O–H groups in total. The van der Waals surface area contributed by atoms with E-state index in [4.69, 9.17) is 23.2 Å². The van der Waals surface area contributed by atoms with Gasteiger partial charge in [0.05, 0.1) is 28.6 Å². The average Bonchev–Trinajstić information content (AvgIpc) is 2.90. The molecule has 4 nitrogen and oxygen atoms in total. The molecule has 0 saturated heterocycles. The number of halogens is 2. The number of hydrogen-bond donors (Lipinski definition) is 0. The second kappa shape index (κ2) is 5.35. The van der Waals surface area contributed by atoms with Crippen LogP contribution in [0, 0.1) is 6.92 Å². The second-order valence-electron chi connectivity index (χ2n) is 5.22. The maximum absolute atomic E-state index is 6.29. The predicted octanol–water partition coefficient (Wildman–Crippen LogP) is 4.08. The molecule has 0 saturated carbocycles. The van der Waals surface area contributed by atoms with Crippen LogP contribution in [0.4, 0.5) is 0 Å². The smallest absolute Gasteiger partial charge is 0.128 e. The van der Waals surface area contributed by atoms with Crippen molar-refractivity contribution in [3.8, 4) is 0 Å². The lowest BCUT2D eigenvalue weighted by atomic mass is 10.2. The van der Waals surface area contributed by atoms with Crippen molar-refractivity contribution in [2.24, 2.45) is 7.05 Å². The third-order valence-corrected chi connectivity index (χ3v) is 3.97. The second-order valence-corrected chi connectivity index (χ2v) is 6.31. The Kier molecular flexibility index (Phi) is 3.68. The van der Waals surface area contributed by atoms with Gasteiger partial charge in [0.25, 0.3) is 0 Å². The number of imidazole rings is 1. The SMILES string of the molecule is Cc1nn(C)cc1Cn1c(C(C)Cl)nc2cc(Cl)ccc21. The molecule has 0 aliphatic rings. The highest BCUT2D eigenvalue weighted by Gasteiger charge is 2.16. The topological polar surface area (TPSA) is 35.6 Å². The minimum Gasteiger partial charge on any atom is -0.322 e. The maximum atomic E-state index is 6.29. The Balaban J connectivity index is 2.15. The Morgan fingerprint density at radius 1 is 1.33 bits per heavy atom. The molecule has 0 bridgehead atoms. The number of rotatable bonds is 3. The standard InChI is InChI=1S/C15H16Cl2N4/c1-9(16)15-18-13-6-12(17)4-5-14(13)21(15)8-11-7-20(3)19-10(11)2/h4-7,9H,8H2,1-3H3. The van der Waals surface area contributed by atoms with Gasteiger partial charge in [-0.3, -0.25) is 4.68 Å². The average molecular weight is 323 g/mol. The maximum Gasteiger partial charge on any atom is 0.128 e. The van der Waals surface area contributed by atoms with Gasteiger partial charge in [0.2, 0.25) is 0 Å². The summed E-state index contributed by atoms with van der Waals surface area (Å²) < 4.78 is 3.96. The summed E-state index contributed by atoms with van der Waals surface area (Å²) in [6, 6.07) is 5.73. The van der Waals surface area contributed by atoms with Crippen LogP contribution in [0.5, 0.6) is 0 Å². The van der Waals surface area contributed by atoms with Crippen molar-refractivity contribution >= 4 is 34.2 Å². The van der Waals surface area contributed by atoms with Gasteiger partial charge in [-0.15, -0.1) is 11.6 Å². The number of aromatic nitrogens is 4. The van der Waals surface area contributed by atoms with E-state index in [1.165, 1.54) is 0 Å². The Morgan fingerprint density at radius 2 is 2.10 bits per heavy atom. The third-order valence-electron chi connectivity index (χ3n) is 3.54. The van der Waals surface area contributed by atoms with E-state index in [1.54, 1.807) is 0 Å². The summed E-state index contributed by atoms with van der Waals surface area (Å²) in [4.78, 5) is 4.63. The van der Waals surface area contributed by atoms with Gasteiger partial charge in [-0.2, -0.15) is 5.10 Å². The first-order valence-corrected chi connectivity index (χ1v) is 7.56. The molecule has 3 rings (SSSR count). The van der Waals surface area contributed by atoms with E-state index in [1.807, 2.05) is 50.0 Å². The highest BCUT2D eigenvalue weighted by molar-refractivity contribution is 6.31. The van der Waals surface area contributed by atoms with Gasteiger partial charge in [0.1, 0.15) is 5.82 Å². The van der Waals surface area contributed by atoms with Gasteiger partial charge < -0.3 is 4.57 Å². The summed E-state index contributed by atoms with van der Waals surface area (Å²) >= 11 is 12.3. The molecule has 110 valence electrons. The molecule has 0 radical (unpaired) electrons. The Bertz CT molecular complexity index is 801. The molecule has 0 amide bonds. The van der Waals surface area contributed by atoms with Gasteiger partial charge in [0.15, 0.2) is 0 Å². The molecule has 2 aromatic heterocycles. The quantitative estimate of drug-likeness (QED) is 0.681. The zero-order chi connectivity index (χ0) is 15.1. The zero-order valence-corrected chi connectivity index (χ0v) is 13.7. The van der Waals surface area contributed by atoms with Crippen LogP contribution in [0.2, 0.25) is 5.02 Å². The first-order chi connectivity index (χ1) is 9.95. The summed E-state index contributed by atoms with van der Waals surface area (Å²) in [5.41, 5.74) is 4.07. The van der Waals surface area contributed by atoms with Crippen molar-refractivity contribution in [3.63, 3.8) is 0 Å². The number of hydrogen-bond acceptors (Lipinski definition) is 2. The summed E-state index contributed by atoms with van der Waals surface area (Å²) in [6.07, 6.45) is 2.03. The van der Waals surface area contributed by atoms with Crippen LogP contribution in [0.1, 0.15) is 29.4 Å². The van der Waals surface area contributed by atoms with Gasteiger partial charge >= 0.3 is 0 Å². The molecule has 1 atom stereocenters. The molecule has 0 fully saturated rings. The summed E-state index contributed by atoms with van der Waals surface area (Å²) in [7, 11) is 1.92. The molecule has 2 heterocycles.